The molecule has 0 spiro atoms. The second-order valence-electron chi connectivity index (χ2n) is 3.00. The Labute approximate surface area is 82.1 Å². The number of ether oxygens (including phenoxy) is 1. The van der Waals surface area contributed by atoms with Crippen LogP contribution in [0.25, 0.3) is 0 Å². The van der Waals surface area contributed by atoms with Crippen molar-refractivity contribution in [1.82, 2.24) is 0 Å². The average Bonchev–Trinajstić information content (AvgIpc) is 2.13. The van der Waals surface area contributed by atoms with Gasteiger partial charge < -0.3 is 14.6 Å². The van der Waals surface area contributed by atoms with Crippen molar-refractivity contribution in [3.63, 3.8) is 0 Å². The van der Waals surface area contributed by atoms with Crippen LogP contribution < -0.4 is 0 Å². The van der Waals surface area contributed by atoms with Crippen LogP contribution in [0.2, 0.25) is 0 Å². The highest BCUT2D eigenvalue weighted by Crippen LogP contribution is 2.06. The fraction of sp³-hybridized carbons (Fsp3) is 0.667. The van der Waals surface area contributed by atoms with Crippen LogP contribution in [0, 0.1) is 5.92 Å². The Morgan fingerprint density at radius 3 is 2.43 bits per heavy atom. The van der Waals surface area contributed by atoms with Crippen LogP contribution in [0.15, 0.2) is 0 Å². The van der Waals surface area contributed by atoms with Crippen LogP contribution in [-0.2, 0) is 19.1 Å². The highest BCUT2D eigenvalue weighted by atomic mass is 16.5. The number of carboxylic acids is 1. The molecule has 0 aromatic heterocycles. The Balaban J connectivity index is 4.17. The molecule has 0 saturated heterocycles. The summed E-state index contributed by atoms with van der Waals surface area (Å²) in [6.45, 7) is 3.51. The summed E-state index contributed by atoms with van der Waals surface area (Å²) in [6, 6.07) is 0. The maximum absolute atomic E-state index is 11.2. The zero-order chi connectivity index (χ0) is 11.1. The van der Waals surface area contributed by atoms with Crippen LogP contribution in [0.1, 0.15) is 26.7 Å². The second-order valence-corrected chi connectivity index (χ2v) is 3.00. The van der Waals surface area contributed by atoms with Gasteiger partial charge in [0.05, 0.1) is 12.5 Å². The first-order valence-corrected chi connectivity index (χ1v) is 4.38. The lowest BCUT2D eigenvalue weighted by Gasteiger charge is -2.13. The molecule has 0 aliphatic rings. The lowest BCUT2D eigenvalue weighted by Crippen LogP contribution is -2.25. The summed E-state index contributed by atoms with van der Waals surface area (Å²) in [5, 5.41) is 8.39. The molecule has 0 saturated carbocycles. The first-order chi connectivity index (χ1) is 6.51. The maximum atomic E-state index is 11.2. The number of carboxylic acid groups (broad SMARTS) is 1. The molecule has 14 heavy (non-hydrogen) atoms. The van der Waals surface area contributed by atoms with Gasteiger partial charge in [0.2, 0.25) is 0 Å². The van der Waals surface area contributed by atoms with Gasteiger partial charge in [0.1, 0.15) is 12.2 Å². The van der Waals surface area contributed by atoms with E-state index in [1.165, 1.54) is 0 Å². The minimum absolute atomic E-state index is 0.293. The number of carbonyl (C=O) groups is 3. The molecule has 0 rings (SSSR count). The number of esters is 1. The van der Waals surface area contributed by atoms with Gasteiger partial charge in [0.15, 0.2) is 0 Å². The summed E-state index contributed by atoms with van der Waals surface area (Å²) in [7, 11) is 0. The first kappa shape index (κ1) is 12.6. The standard InChI is InChI=1S/C9H14O5/c1-3-6(2)14-9(13)7(5-10)4-8(11)12/h5-7H,3-4H2,1-2H3,(H,11,12). The monoisotopic (exact) mass is 202 g/mol. The van der Waals surface area contributed by atoms with Gasteiger partial charge >= 0.3 is 11.9 Å². The van der Waals surface area contributed by atoms with Gasteiger partial charge in [-0.25, -0.2) is 0 Å². The summed E-state index contributed by atoms with van der Waals surface area (Å²) >= 11 is 0. The number of carbonyl (C=O) groups excluding carboxylic acids is 2. The molecule has 0 aromatic rings. The van der Waals surface area contributed by atoms with E-state index in [1.807, 2.05) is 6.92 Å². The minimum atomic E-state index is -1.19. The van der Waals surface area contributed by atoms with Gasteiger partial charge in [0.25, 0.3) is 0 Å². The molecule has 5 nitrogen and oxygen atoms in total. The van der Waals surface area contributed by atoms with E-state index in [0.717, 1.165) is 0 Å². The maximum Gasteiger partial charge on any atom is 0.317 e. The van der Waals surface area contributed by atoms with Crippen LogP contribution in [-0.4, -0.2) is 29.4 Å². The molecule has 5 heteroatoms. The van der Waals surface area contributed by atoms with E-state index < -0.39 is 24.3 Å². The number of hydrogen-bond acceptors (Lipinski definition) is 4. The second kappa shape index (κ2) is 6.12. The van der Waals surface area contributed by atoms with E-state index in [-0.39, 0.29) is 6.10 Å². The third-order valence-electron chi connectivity index (χ3n) is 1.75. The Morgan fingerprint density at radius 2 is 2.07 bits per heavy atom. The Hall–Kier alpha value is -1.39. The van der Waals surface area contributed by atoms with Crippen LogP contribution in [0.3, 0.4) is 0 Å². The van der Waals surface area contributed by atoms with Crippen molar-refractivity contribution >= 4 is 18.2 Å². The third kappa shape index (κ3) is 4.59. The number of aldehydes is 1. The van der Waals surface area contributed by atoms with Crippen molar-refractivity contribution in [3.8, 4) is 0 Å². The van der Waals surface area contributed by atoms with Gasteiger partial charge in [-0.15, -0.1) is 0 Å². The molecule has 0 heterocycles. The molecule has 1 N–H and O–H groups in total. The first-order valence-electron chi connectivity index (χ1n) is 4.38. The third-order valence-corrected chi connectivity index (χ3v) is 1.75. The van der Waals surface area contributed by atoms with Crippen molar-refractivity contribution in [2.24, 2.45) is 5.92 Å². The molecule has 0 aliphatic heterocycles. The van der Waals surface area contributed by atoms with Crippen molar-refractivity contribution in [3.05, 3.63) is 0 Å². The van der Waals surface area contributed by atoms with Crippen LogP contribution in [0.4, 0.5) is 0 Å². The molecule has 0 bridgehead atoms. The topological polar surface area (TPSA) is 80.7 Å². The Morgan fingerprint density at radius 1 is 1.50 bits per heavy atom. The normalized spacial score (nSPS) is 14.1. The van der Waals surface area contributed by atoms with Crippen molar-refractivity contribution in [2.75, 3.05) is 0 Å². The fourth-order valence-electron chi connectivity index (χ4n) is 0.744. The molecule has 0 aromatic carbocycles. The van der Waals surface area contributed by atoms with Crippen molar-refractivity contribution in [1.29, 1.82) is 0 Å². The summed E-state index contributed by atoms with van der Waals surface area (Å²) in [6.07, 6.45) is 0.126. The highest BCUT2D eigenvalue weighted by molar-refractivity contribution is 5.91. The molecule has 0 aliphatic carbocycles. The molecule has 80 valence electrons. The number of hydrogen-bond donors (Lipinski definition) is 1. The molecule has 0 fully saturated rings. The summed E-state index contributed by atoms with van der Waals surface area (Å²) in [5.41, 5.74) is 0. The number of rotatable bonds is 6. The van der Waals surface area contributed by atoms with Crippen molar-refractivity contribution < 1.29 is 24.2 Å². The zero-order valence-corrected chi connectivity index (χ0v) is 8.23. The minimum Gasteiger partial charge on any atom is -0.481 e. The summed E-state index contributed by atoms with van der Waals surface area (Å²) < 4.78 is 4.82. The van der Waals surface area contributed by atoms with Crippen LogP contribution >= 0.6 is 0 Å². The quantitative estimate of drug-likeness (QED) is 0.388. The molecular formula is C9H14O5. The Bertz CT molecular complexity index is 223. The van der Waals surface area contributed by atoms with E-state index >= 15 is 0 Å². The molecule has 2 atom stereocenters. The van der Waals surface area contributed by atoms with Gasteiger partial charge in [-0.05, 0) is 13.3 Å². The van der Waals surface area contributed by atoms with E-state index in [0.29, 0.717) is 12.7 Å². The van der Waals surface area contributed by atoms with Gasteiger partial charge in [-0.3, -0.25) is 9.59 Å². The largest absolute Gasteiger partial charge is 0.481 e. The van der Waals surface area contributed by atoms with Crippen LogP contribution in [0.5, 0.6) is 0 Å². The van der Waals surface area contributed by atoms with E-state index in [1.54, 1.807) is 6.92 Å². The van der Waals surface area contributed by atoms with Gasteiger partial charge in [0, 0.05) is 0 Å². The molecule has 2 unspecified atom stereocenters. The van der Waals surface area contributed by atoms with Gasteiger partial charge in [-0.1, -0.05) is 6.92 Å². The SMILES string of the molecule is CCC(C)OC(=O)C(C=O)CC(=O)O. The molecule has 0 radical (unpaired) electrons. The predicted molar refractivity (Wildman–Crippen MR) is 47.7 cm³/mol. The van der Waals surface area contributed by atoms with Gasteiger partial charge in [-0.2, -0.15) is 0 Å². The predicted octanol–water partition coefficient (Wildman–Crippen LogP) is 0.618. The number of aliphatic carboxylic acids is 1. The molecular weight excluding hydrogens is 188 g/mol. The summed E-state index contributed by atoms with van der Waals surface area (Å²) in [5.74, 6) is -3.15. The van der Waals surface area contributed by atoms with E-state index in [4.69, 9.17) is 9.84 Å². The summed E-state index contributed by atoms with van der Waals surface area (Å²) in [4.78, 5) is 31.8. The fourth-order valence-corrected chi connectivity index (χ4v) is 0.744. The lowest BCUT2D eigenvalue weighted by atomic mass is 10.1. The smallest absolute Gasteiger partial charge is 0.317 e. The zero-order valence-electron chi connectivity index (χ0n) is 8.23. The average molecular weight is 202 g/mol. The van der Waals surface area contributed by atoms with E-state index in [2.05, 4.69) is 0 Å². The van der Waals surface area contributed by atoms with E-state index in [9.17, 15) is 14.4 Å². The van der Waals surface area contributed by atoms with Crippen molar-refractivity contribution in [2.45, 2.75) is 32.8 Å². The molecule has 0 amide bonds. The lowest BCUT2D eigenvalue weighted by molar-refractivity contribution is -0.157. The highest BCUT2D eigenvalue weighted by Gasteiger charge is 2.23. The Kier molecular flexibility index (Phi) is 5.52.